The molecule has 0 saturated heterocycles. The molecule has 2 heterocycles. The first-order valence-corrected chi connectivity index (χ1v) is 7.77. The number of para-hydroxylation sites is 1. The molecule has 1 aromatic heterocycles. The molecule has 0 amide bonds. The van der Waals surface area contributed by atoms with E-state index in [0.29, 0.717) is 18.5 Å². The fourth-order valence-electron chi connectivity index (χ4n) is 2.38. The zero-order valence-corrected chi connectivity index (χ0v) is 12.9. The van der Waals surface area contributed by atoms with Crippen molar-refractivity contribution in [3.05, 3.63) is 53.3 Å². The SMILES string of the molecule is Cc1ccc(OCC2COc3ccccc32)c(CBr)n1. The van der Waals surface area contributed by atoms with Gasteiger partial charge in [-0.25, -0.2) is 0 Å². The molecule has 3 nitrogen and oxygen atoms in total. The summed E-state index contributed by atoms with van der Waals surface area (Å²) >= 11 is 3.45. The van der Waals surface area contributed by atoms with E-state index in [4.69, 9.17) is 9.47 Å². The highest BCUT2D eigenvalue weighted by molar-refractivity contribution is 9.08. The Morgan fingerprint density at radius 3 is 3.00 bits per heavy atom. The second-order valence-corrected chi connectivity index (χ2v) is 5.45. The molecule has 20 heavy (non-hydrogen) atoms. The Morgan fingerprint density at radius 1 is 1.30 bits per heavy atom. The van der Waals surface area contributed by atoms with Gasteiger partial charge >= 0.3 is 0 Å². The number of nitrogens with zero attached hydrogens (tertiary/aromatic N) is 1. The quantitative estimate of drug-likeness (QED) is 0.796. The van der Waals surface area contributed by atoms with Crippen LogP contribution in [0.3, 0.4) is 0 Å². The van der Waals surface area contributed by atoms with Gasteiger partial charge in [0.1, 0.15) is 11.5 Å². The maximum atomic E-state index is 5.95. The predicted molar refractivity (Wildman–Crippen MR) is 81.8 cm³/mol. The summed E-state index contributed by atoms with van der Waals surface area (Å²) in [6, 6.07) is 12.1. The van der Waals surface area contributed by atoms with Gasteiger partial charge in [0.2, 0.25) is 0 Å². The lowest BCUT2D eigenvalue weighted by Gasteiger charge is -2.13. The number of alkyl halides is 1. The molecule has 0 N–H and O–H groups in total. The van der Waals surface area contributed by atoms with Crippen molar-refractivity contribution < 1.29 is 9.47 Å². The molecule has 0 spiro atoms. The minimum Gasteiger partial charge on any atom is -0.493 e. The van der Waals surface area contributed by atoms with Crippen molar-refractivity contribution in [1.29, 1.82) is 0 Å². The first kappa shape index (κ1) is 13.4. The average molecular weight is 334 g/mol. The van der Waals surface area contributed by atoms with Crippen molar-refractivity contribution in [2.24, 2.45) is 0 Å². The largest absolute Gasteiger partial charge is 0.493 e. The molecular weight excluding hydrogens is 318 g/mol. The highest BCUT2D eigenvalue weighted by Gasteiger charge is 2.24. The van der Waals surface area contributed by atoms with Crippen LogP contribution in [0, 0.1) is 6.92 Å². The first-order chi connectivity index (χ1) is 9.78. The van der Waals surface area contributed by atoms with E-state index < -0.39 is 0 Å². The molecular formula is C16H16BrNO2. The van der Waals surface area contributed by atoms with Gasteiger partial charge in [0.15, 0.2) is 0 Å². The lowest BCUT2D eigenvalue weighted by molar-refractivity contribution is 0.246. The van der Waals surface area contributed by atoms with Gasteiger partial charge in [-0.15, -0.1) is 0 Å². The lowest BCUT2D eigenvalue weighted by Crippen LogP contribution is -2.12. The van der Waals surface area contributed by atoms with Crippen molar-refractivity contribution in [2.45, 2.75) is 18.2 Å². The summed E-state index contributed by atoms with van der Waals surface area (Å²) in [5.41, 5.74) is 3.17. The number of pyridine rings is 1. The molecule has 104 valence electrons. The van der Waals surface area contributed by atoms with E-state index in [0.717, 1.165) is 22.9 Å². The van der Waals surface area contributed by atoms with Crippen LogP contribution in [0.4, 0.5) is 0 Å². The van der Waals surface area contributed by atoms with Crippen molar-refractivity contribution in [2.75, 3.05) is 13.2 Å². The van der Waals surface area contributed by atoms with Gasteiger partial charge < -0.3 is 9.47 Å². The number of aryl methyl sites for hydroxylation is 1. The zero-order chi connectivity index (χ0) is 13.9. The van der Waals surface area contributed by atoms with Crippen LogP contribution in [0.5, 0.6) is 11.5 Å². The average Bonchev–Trinajstić information content (AvgIpc) is 2.89. The third kappa shape index (κ3) is 2.66. The van der Waals surface area contributed by atoms with E-state index in [1.807, 2.05) is 37.3 Å². The van der Waals surface area contributed by atoms with Crippen LogP contribution in [0.1, 0.15) is 22.9 Å². The third-order valence-corrected chi connectivity index (χ3v) is 3.97. The highest BCUT2D eigenvalue weighted by Crippen LogP contribution is 2.34. The van der Waals surface area contributed by atoms with Crippen LogP contribution in [-0.2, 0) is 5.33 Å². The Hall–Kier alpha value is -1.55. The van der Waals surface area contributed by atoms with Gasteiger partial charge in [-0.05, 0) is 25.1 Å². The molecule has 4 heteroatoms. The van der Waals surface area contributed by atoms with E-state index in [2.05, 4.69) is 27.0 Å². The van der Waals surface area contributed by atoms with Gasteiger partial charge in [0.25, 0.3) is 0 Å². The number of hydrogen-bond donors (Lipinski definition) is 0. The van der Waals surface area contributed by atoms with Crippen LogP contribution in [-0.4, -0.2) is 18.2 Å². The topological polar surface area (TPSA) is 31.4 Å². The second-order valence-electron chi connectivity index (χ2n) is 4.89. The van der Waals surface area contributed by atoms with Crippen molar-refractivity contribution in [3.8, 4) is 11.5 Å². The van der Waals surface area contributed by atoms with E-state index in [9.17, 15) is 0 Å². The molecule has 0 aliphatic carbocycles. The Labute approximate surface area is 127 Å². The summed E-state index contributed by atoms with van der Waals surface area (Å²) in [6.07, 6.45) is 0. The molecule has 2 aromatic rings. The molecule has 0 saturated carbocycles. The van der Waals surface area contributed by atoms with Crippen molar-refractivity contribution >= 4 is 15.9 Å². The number of ether oxygens (including phenoxy) is 2. The summed E-state index contributed by atoms with van der Waals surface area (Å²) in [5.74, 6) is 2.11. The molecule has 0 fully saturated rings. The van der Waals surface area contributed by atoms with Crippen molar-refractivity contribution in [3.63, 3.8) is 0 Å². The van der Waals surface area contributed by atoms with Gasteiger partial charge in [-0.2, -0.15) is 0 Å². The molecule has 1 aliphatic rings. The van der Waals surface area contributed by atoms with Crippen LogP contribution in [0.15, 0.2) is 36.4 Å². The summed E-state index contributed by atoms with van der Waals surface area (Å²) in [6.45, 7) is 3.28. The van der Waals surface area contributed by atoms with Gasteiger partial charge in [-0.1, -0.05) is 34.1 Å². The van der Waals surface area contributed by atoms with Gasteiger partial charge in [0.05, 0.1) is 24.8 Å². The van der Waals surface area contributed by atoms with Crippen molar-refractivity contribution in [1.82, 2.24) is 4.98 Å². The van der Waals surface area contributed by atoms with Gasteiger partial charge in [0, 0.05) is 16.6 Å². The summed E-state index contributed by atoms with van der Waals surface area (Å²) < 4.78 is 11.6. The second kappa shape index (κ2) is 5.83. The Balaban J connectivity index is 1.72. The monoisotopic (exact) mass is 333 g/mol. The predicted octanol–water partition coefficient (Wildman–Crippen LogP) is 3.84. The van der Waals surface area contributed by atoms with Crippen LogP contribution in [0.25, 0.3) is 0 Å². The molecule has 1 aliphatic heterocycles. The minimum absolute atomic E-state index is 0.288. The summed E-state index contributed by atoms with van der Waals surface area (Å²) in [4.78, 5) is 4.48. The van der Waals surface area contributed by atoms with E-state index in [1.165, 1.54) is 5.56 Å². The molecule has 0 bridgehead atoms. The van der Waals surface area contributed by atoms with Crippen LogP contribution in [0.2, 0.25) is 0 Å². The fourth-order valence-corrected chi connectivity index (χ4v) is 2.78. The standard InChI is InChI=1S/C16H16BrNO2/c1-11-6-7-16(14(8-17)18-11)20-10-12-9-19-15-5-3-2-4-13(12)15/h2-7,12H,8-10H2,1H3. The number of hydrogen-bond acceptors (Lipinski definition) is 3. The zero-order valence-electron chi connectivity index (χ0n) is 11.3. The lowest BCUT2D eigenvalue weighted by atomic mass is 10.0. The highest BCUT2D eigenvalue weighted by atomic mass is 79.9. The van der Waals surface area contributed by atoms with E-state index in [1.54, 1.807) is 0 Å². The normalized spacial score (nSPS) is 16.6. The van der Waals surface area contributed by atoms with Gasteiger partial charge in [-0.3, -0.25) is 4.98 Å². The Morgan fingerprint density at radius 2 is 2.15 bits per heavy atom. The molecule has 3 rings (SSSR count). The fraction of sp³-hybridized carbons (Fsp3) is 0.312. The molecule has 0 radical (unpaired) electrons. The molecule has 1 atom stereocenters. The maximum absolute atomic E-state index is 5.95. The maximum Gasteiger partial charge on any atom is 0.141 e. The van der Waals surface area contributed by atoms with Crippen LogP contribution < -0.4 is 9.47 Å². The third-order valence-electron chi connectivity index (χ3n) is 3.44. The first-order valence-electron chi connectivity index (χ1n) is 6.65. The number of aromatic nitrogens is 1. The summed E-state index contributed by atoms with van der Waals surface area (Å²) in [5, 5.41) is 0.696. The number of halogens is 1. The Kier molecular flexibility index (Phi) is 3.92. The minimum atomic E-state index is 0.288. The number of rotatable bonds is 4. The molecule has 1 unspecified atom stereocenters. The smallest absolute Gasteiger partial charge is 0.141 e. The van der Waals surface area contributed by atoms with Crippen LogP contribution >= 0.6 is 15.9 Å². The van der Waals surface area contributed by atoms with E-state index >= 15 is 0 Å². The number of fused-ring (bicyclic) bond motifs is 1. The molecule has 1 aromatic carbocycles. The number of benzene rings is 1. The van der Waals surface area contributed by atoms with E-state index in [-0.39, 0.29) is 5.92 Å². The Bertz CT molecular complexity index is 615. The summed E-state index contributed by atoms with van der Waals surface area (Å²) in [7, 11) is 0.